The quantitative estimate of drug-likeness (QED) is 0.553. The van der Waals surface area contributed by atoms with Gasteiger partial charge in [-0.1, -0.05) is 19.8 Å². The van der Waals surface area contributed by atoms with Crippen molar-refractivity contribution in [3.8, 4) is 11.5 Å². The van der Waals surface area contributed by atoms with Gasteiger partial charge in [-0.05, 0) is 18.6 Å². The molecule has 0 bridgehead atoms. The lowest BCUT2D eigenvalue weighted by Gasteiger charge is -2.19. The van der Waals surface area contributed by atoms with Gasteiger partial charge in [0.2, 0.25) is 5.95 Å². The number of rotatable bonds is 7. The molecule has 0 N–H and O–H groups in total. The molecule has 0 spiro atoms. The third kappa shape index (κ3) is 3.05. The Kier molecular flexibility index (Phi) is 5.27. The standard InChI is InChI=1S/C21H27N5O4/c1-5-6-7-10-26-19(27)17-18(23(2)21(26)28)22-20-24(11-12-25(17)20)15-13-14(29-3)8-9-16(15)30-4/h8-9,13H,5-7,10-12H2,1-4H3. The minimum Gasteiger partial charge on any atom is -0.497 e. The van der Waals surface area contributed by atoms with Crippen LogP contribution in [0.4, 0.5) is 11.6 Å². The molecule has 1 aromatic carbocycles. The number of benzene rings is 1. The van der Waals surface area contributed by atoms with Crippen LogP contribution >= 0.6 is 0 Å². The van der Waals surface area contributed by atoms with E-state index in [0.29, 0.717) is 48.2 Å². The smallest absolute Gasteiger partial charge is 0.332 e. The Bertz CT molecular complexity index is 1210. The van der Waals surface area contributed by atoms with E-state index in [9.17, 15) is 9.59 Å². The molecule has 3 aromatic rings. The van der Waals surface area contributed by atoms with E-state index in [-0.39, 0.29) is 11.2 Å². The van der Waals surface area contributed by atoms with E-state index in [2.05, 4.69) is 11.9 Å². The molecule has 1 aliphatic rings. The van der Waals surface area contributed by atoms with Crippen molar-refractivity contribution in [1.82, 2.24) is 18.7 Å². The third-order valence-electron chi connectivity index (χ3n) is 5.66. The van der Waals surface area contributed by atoms with Crippen molar-refractivity contribution in [3.63, 3.8) is 0 Å². The third-order valence-corrected chi connectivity index (χ3v) is 5.66. The van der Waals surface area contributed by atoms with Crippen LogP contribution in [0.15, 0.2) is 27.8 Å². The van der Waals surface area contributed by atoms with Crippen LogP contribution in [0.3, 0.4) is 0 Å². The molecule has 2 aromatic heterocycles. The van der Waals surface area contributed by atoms with E-state index < -0.39 is 0 Å². The van der Waals surface area contributed by atoms with Crippen molar-refractivity contribution in [3.05, 3.63) is 39.0 Å². The van der Waals surface area contributed by atoms with Gasteiger partial charge in [0.25, 0.3) is 5.56 Å². The van der Waals surface area contributed by atoms with Gasteiger partial charge in [-0.3, -0.25) is 13.9 Å². The highest BCUT2D eigenvalue weighted by atomic mass is 16.5. The van der Waals surface area contributed by atoms with Crippen molar-refractivity contribution in [2.24, 2.45) is 7.05 Å². The summed E-state index contributed by atoms with van der Waals surface area (Å²) in [6.07, 6.45) is 2.80. The maximum Gasteiger partial charge on any atom is 0.332 e. The number of aryl methyl sites for hydroxylation is 1. The Morgan fingerprint density at radius 2 is 1.90 bits per heavy atom. The number of nitrogens with zero attached hydrogens (tertiary/aromatic N) is 5. The minimum atomic E-state index is -0.328. The number of anilines is 2. The summed E-state index contributed by atoms with van der Waals surface area (Å²) in [5, 5.41) is 0. The Morgan fingerprint density at radius 1 is 1.10 bits per heavy atom. The summed E-state index contributed by atoms with van der Waals surface area (Å²) in [7, 11) is 4.89. The second kappa shape index (κ2) is 7.89. The Hall–Kier alpha value is -3.23. The number of hydrogen-bond donors (Lipinski definition) is 0. The summed E-state index contributed by atoms with van der Waals surface area (Å²) < 4.78 is 15.6. The van der Waals surface area contributed by atoms with Gasteiger partial charge >= 0.3 is 5.69 Å². The lowest BCUT2D eigenvalue weighted by Crippen LogP contribution is -2.39. The molecule has 0 fully saturated rings. The highest BCUT2D eigenvalue weighted by molar-refractivity contribution is 5.79. The Balaban J connectivity index is 1.87. The van der Waals surface area contributed by atoms with E-state index in [1.165, 1.54) is 9.13 Å². The van der Waals surface area contributed by atoms with Crippen LogP contribution in [0.1, 0.15) is 26.2 Å². The highest BCUT2D eigenvalue weighted by Crippen LogP contribution is 2.39. The number of unbranched alkanes of at least 4 members (excludes halogenated alkanes) is 2. The van der Waals surface area contributed by atoms with E-state index >= 15 is 0 Å². The molecule has 9 nitrogen and oxygen atoms in total. The molecular formula is C21H27N5O4. The van der Waals surface area contributed by atoms with Crippen LogP contribution in [0.2, 0.25) is 0 Å². The molecule has 30 heavy (non-hydrogen) atoms. The molecule has 4 rings (SSSR count). The van der Waals surface area contributed by atoms with Crippen LogP contribution in [0.5, 0.6) is 11.5 Å². The molecule has 9 heteroatoms. The topological polar surface area (TPSA) is 83.5 Å². The summed E-state index contributed by atoms with van der Waals surface area (Å²) in [6, 6.07) is 5.56. The summed E-state index contributed by atoms with van der Waals surface area (Å²) >= 11 is 0. The Labute approximate surface area is 174 Å². The molecule has 3 heterocycles. The van der Waals surface area contributed by atoms with E-state index in [0.717, 1.165) is 24.9 Å². The normalized spacial score (nSPS) is 13.1. The molecule has 0 amide bonds. The van der Waals surface area contributed by atoms with Crippen LogP contribution in [0.25, 0.3) is 11.2 Å². The number of aromatic nitrogens is 4. The first kappa shape index (κ1) is 20.1. The molecule has 0 saturated heterocycles. The fourth-order valence-corrected chi connectivity index (χ4v) is 4.03. The first-order chi connectivity index (χ1) is 14.5. The summed E-state index contributed by atoms with van der Waals surface area (Å²) in [6.45, 7) is 3.74. The summed E-state index contributed by atoms with van der Waals surface area (Å²) in [4.78, 5) is 32.7. The SMILES string of the molecule is CCCCCn1c(=O)c2c(nc3n2CCN3c2cc(OC)ccc2OC)n(C)c1=O. The lowest BCUT2D eigenvalue weighted by atomic mass is 10.2. The zero-order valence-corrected chi connectivity index (χ0v) is 17.8. The summed E-state index contributed by atoms with van der Waals surface area (Å²) in [5.74, 6) is 2.00. The van der Waals surface area contributed by atoms with Crippen molar-refractivity contribution in [2.45, 2.75) is 39.3 Å². The van der Waals surface area contributed by atoms with Crippen molar-refractivity contribution >= 4 is 22.8 Å². The molecule has 0 atom stereocenters. The number of hydrogen-bond acceptors (Lipinski definition) is 6. The average Bonchev–Trinajstić information content (AvgIpc) is 3.33. The van der Waals surface area contributed by atoms with Gasteiger partial charge in [-0.2, -0.15) is 4.98 Å². The molecule has 0 unspecified atom stereocenters. The maximum absolute atomic E-state index is 13.2. The van der Waals surface area contributed by atoms with Crippen LogP contribution in [-0.2, 0) is 20.1 Å². The molecule has 0 aliphatic carbocycles. The van der Waals surface area contributed by atoms with Crippen LogP contribution in [0, 0.1) is 0 Å². The Morgan fingerprint density at radius 3 is 2.60 bits per heavy atom. The van der Waals surface area contributed by atoms with Crippen molar-refractivity contribution in [1.29, 1.82) is 0 Å². The van der Waals surface area contributed by atoms with Gasteiger partial charge in [0.1, 0.15) is 11.5 Å². The average molecular weight is 413 g/mol. The molecule has 160 valence electrons. The zero-order chi connectivity index (χ0) is 21.4. The fourth-order valence-electron chi connectivity index (χ4n) is 4.03. The predicted molar refractivity (Wildman–Crippen MR) is 115 cm³/mol. The number of methoxy groups -OCH3 is 2. The van der Waals surface area contributed by atoms with E-state index in [1.807, 2.05) is 27.7 Å². The first-order valence-corrected chi connectivity index (χ1v) is 10.2. The second-order valence-corrected chi connectivity index (χ2v) is 7.43. The monoisotopic (exact) mass is 413 g/mol. The van der Waals surface area contributed by atoms with Crippen LogP contribution < -0.4 is 25.6 Å². The van der Waals surface area contributed by atoms with Gasteiger partial charge in [0, 0.05) is 32.7 Å². The fraction of sp³-hybridized carbons (Fsp3) is 0.476. The molecule has 0 saturated carbocycles. The lowest BCUT2D eigenvalue weighted by molar-refractivity contribution is 0.403. The van der Waals surface area contributed by atoms with Gasteiger partial charge in [0.05, 0.1) is 19.9 Å². The zero-order valence-electron chi connectivity index (χ0n) is 17.8. The number of imidazole rings is 1. The number of ether oxygens (including phenoxy) is 2. The summed E-state index contributed by atoms with van der Waals surface area (Å²) in [5.41, 5.74) is 1.07. The largest absolute Gasteiger partial charge is 0.497 e. The van der Waals surface area contributed by atoms with E-state index in [4.69, 9.17) is 9.47 Å². The first-order valence-electron chi connectivity index (χ1n) is 10.2. The van der Waals surface area contributed by atoms with Gasteiger partial charge in [0.15, 0.2) is 11.2 Å². The predicted octanol–water partition coefficient (Wildman–Crippen LogP) is 2.26. The molecular weight excluding hydrogens is 386 g/mol. The second-order valence-electron chi connectivity index (χ2n) is 7.43. The minimum absolute atomic E-state index is 0.276. The van der Waals surface area contributed by atoms with Gasteiger partial charge in [-0.15, -0.1) is 0 Å². The molecule has 1 aliphatic heterocycles. The van der Waals surface area contributed by atoms with E-state index in [1.54, 1.807) is 21.3 Å². The highest BCUT2D eigenvalue weighted by Gasteiger charge is 2.30. The van der Waals surface area contributed by atoms with Crippen molar-refractivity contribution in [2.75, 3.05) is 25.7 Å². The van der Waals surface area contributed by atoms with Crippen molar-refractivity contribution < 1.29 is 9.47 Å². The van der Waals surface area contributed by atoms with Gasteiger partial charge < -0.3 is 18.9 Å². The van der Waals surface area contributed by atoms with Gasteiger partial charge in [-0.25, -0.2) is 4.79 Å². The maximum atomic E-state index is 13.2. The molecule has 0 radical (unpaired) electrons. The number of fused-ring (bicyclic) bond motifs is 3. The van der Waals surface area contributed by atoms with Crippen LogP contribution in [-0.4, -0.2) is 39.4 Å².